The number of amides is 1. The third-order valence-corrected chi connectivity index (χ3v) is 6.78. The van der Waals surface area contributed by atoms with Crippen LogP contribution in [0.4, 0.5) is 5.13 Å². The van der Waals surface area contributed by atoms with Crippen LogP contribution < -0.4 is 9.64 Å². The van der Waals surface area contributed by atoms with E-state index < -0.39 is 9.84 Å². The van der Waals surface area contributed by atoms with Gasteiger partial charge in [-0.2, -0.15) is 5.26 Å². The zero-order valence-corrected chi connectivity index (χ0v) is 19.7. The first-order valence-corrected chi connectivity index (χ1v) is 12.6. The molecule has 0 radical (unpaired) electrons. The number of hydrogen-bond acceptors (Lipinski definition) is 8. The number of carbonyl (C=O) groups is 1. The standard InChI is InChI=1S/C21H26N4O4S2/c1-21(2,3)14-29-18-6-5-16(31(4,27)28)11-17(18)19(26)24-7-9-25(10-8-24)20-23-13-15(12-22)30-20/h5-6,11,13H,7-10,14H2,1-4H3. The predicted molar refractivity (Wildman–Crippen MR) is 119 cm³/mol. The van der Waals surface area contributed by atoms with Crippen molar-refractivity contribution in [2.45, 2.75) is 25.7 Å². The van der Waals surface area contributed by atoms with E-state index in [-0.39, 0.29) is 21.8 Å². The summed E-state index contributed by atoms with van der Waals surface area (Å²) in [6, 6.07) is 6.52. The topological polar surface area (TPSA) is 104 Å². The Labute approximate surface area is 187 Å². The highest BCUT2D eigenvalue weighted by Gasteiger charge is 2.27. The first-order chi connectivity index (χ1) is 14.5. The molecule has 166 valence electrons. The highest BCUT2D eigenvalue weighted by atomic mass is 32.2. The number of thiazole rings is 1. The fourth-order valence-electron chi connectivity index (χ4n) is 3.06. The third-order valence-electron chi connectivity index (χ3n) is 4.71. The Morgan fingerprint density at radius 2 is 1.94 bits per heavy atom. The SMILES string of the molecule is CC(C)(C)COc1ccc(S(C)(=O)=O)cc1C(=O)N1CCN(c2ncc(C#N)s2)CC1. The van der Waals surface area contributed by atoms with Gasteiger partial charge in [-0.1, -0.05) is 32.1 Å². The van der Waals surface area contributed by atoms with Crippen LogP contribution in [0.15, 0.2) is 29.3 Å². The molecule has 1 aliphatic heterocycles. The lowest BCUT2D eigenvalue weighted by Crippen LogP contribution is -2.48. The number of carbonyl (C=O) groups excluding carboxylic acids is 1. The summed E-state index contributed by atoms with van der Waals surface area (Å²) in [5, 5.41) is 9.75. The minimum atomic E-state index is -3.46. The Balaban J connectivity index is 1.80. The van der Waals surface area contributed by atoms with Crippen molar-refractivity contribution in [2.24, 2.45) is 5.41 Å². The van der Waals surface area contributed by atoms with Gasteiger partial charge in [0.15, 0.2) is 15.0 Å². The Bertz CT molecular complexity index is 1110. The summed E-state index contributed by atoms with van der Waals surface area (Å²) < 4.78 is 30.0. The van der Waals surface area contributed by atoms with Crippen LogP contribution in [0.3, 0.4) is 0 Å². The molecular formula is C21H26N4O4S2. The second-order valence-electron chi connectivity index (χ2n) is 8.68. The van der Waals surface area contributed by atoms with Crippen LogP contribution in [0.5, 0.6) is 5.75 Å². The molecule has 0 aliphatic carbocycles. The fourth-order valence-corrected chi connectivity index (χ4v) is 4.47. The van der Waals surface area contributed by atoms with Crippen molar-refractivity contribution >= 4 is 32.2 Å². The fraction of sp³-hybridized carbons (Fsp3) is 0.476. The van der Waals surface area contributed by atoms with Gasteiger partial charge >= 0.3 is 0 Å². The molecule has 0 saturated carbocycles. The molecule has 10 heteroatoms. The maximum Gasteiger partial charge on any atom is 0.257 e. The van der Waals surface area contributed by atoms with E-state index in [0.29, 0.717) is 43.4 Å². The molecule has 0 spiro atoms. The highest BCUT2D eigenvalue weighted by molar-refractivity contribution is 7.90. The number of hydrogen-bond donors (Lipinski definition) is 0. The minimum absolute atomic E-state index is 0.0874. The average molecular weight is 463 g/mol. The number of aromatic nitrogens is 1. The summed E-state index contributed by atoms with van der Waals surface area (Å²) >= 11 is 1.32. The second kappa shape index (κ2) is 8.85. The first kappa shape index (κ1) is 23.0. The van der Waals surface area contributed by atoms with Crippen molar-refractivity contribution in [3.8, 4) is 11.8 Å². The molecule has 1 amide bonds. The van der Waals surface area contributed by atoms with Crippen LogP contribution in [0, 0.1) is 16.7 Å². The van der Waals surface area contributed by atoms with Crippen LogP contribution in [0.2, 0.25) is 0 Å². The monoisotopic (exact) mass is 462 g/mol. The number of nitriles is 1. The molecule has 3 rings (SSSR count). The van der Waals surface area contributed by atoms with Crippen molar-refractivity contribution in [3.63, 3.8) is 0 Å². The van der Waals surface area contributed by atoms with Crippen LogP contribution in [-0.4, -0.2) is 63.3 Å². The molecule has 1 aliphatic rings. The van der Waals surface area contributed by atoms with Crippen molar-refractivity contribution < 1.29 is 17.9 Å². The van der Waals surface area contributed by atoms with E-state index in [1.807, 2.05) is 25.7 Å². The molecule has 1 fully saturated rings. The number of anilines is 1. The van der Waals surface area contributed by atoms with Crippen molar-refractivity contribution in [3.05, 3.63) is 34.8 Å². The molecule has 1 aromatic heterocycles. The molecule has 0 N–H and O–H groups in total. The molecule has 0 atom stereocenters. The van der Waals surface area contributed by atoms with Gasteiger partial charge in [-0.25, -0.2) is 13.4 Å². The van der Waals surface area contributed by atoms with E-state index >= 15 is 0 Å². The second-order valence-corrected chi connectivity index (χ2v) is 11.7. The van der Waals surface area contributed by atoms with Crippen LogP contribution in [0.1, 0.15) is 36.0 Å². The molecule has 2 heterocycles. The summed E-state index contributed by atoms with van der Waals surface area (Å²) in [4.78, 5) is 21.9. The Morgan fingerprint density at radius 3 is 2.48 bits per heavy atom. The van der Waals surface area contributed by atoms with Gasteiger partial charge < -0.3 is 14.5 Å². The van der Waals surface area contributed by atoms with Crippen molar-refractivity contribution in [1.29, 1.82) is 5.26 Å². The Kier molecular flexibility index (Phi) is 6.57. The van der Waals surface area contributed by atoms with E-state index in [1.165, 1.54) is 23.5 Å². The van der Waals surface area contributed by atoms with Crippen molar-refractivity contribution in [2.75, 3.05) is 43.9 Å². The number of nitrogens with zero attached hydrogens (tertiary/aromatic N) is 4. The predicted octanol–water partition coefficient (Wildman–Crippen LogP) is 2.81. The quantitative estimate of drug-likeness (QED) is 0.673. The zero-order valence-electron chi connectivity index (χ0n) is 18.1. The summed E-state index contributed by atoms with van der Waals surface area (Å²) in [5.74, 6) is 0.124. The molecule has 1 saturated heterocycles. The maximum atomic E-state index is 13.3. The molecule has 0 bridgehead atoms. The smallest absolute Gasteiger partial charge is 0.257 e. The summed E-state index contributed by atoms with van der Waals surface area (Å²) in [6.45, 7) is 8.54. The van der Waals surface area contributed by atoms with Gasteiger partial charge in [0.2, 0.25) is 0 Å². The molecule has 31 heavy (non-hydrogen) atoms. The van der Waals surface area contributed by atoms with E-state index in [1.54, 1.807) is 17.2 Å². The van der Waals surface area contributed by atoms with Crippen LogP contribution in [-0.2, 0) is 9.84 Å². The molecule has 0 unspecified atom stereocenters. The van der Waals surface area contributed by atoms with Crippen molar-refractivity contribution in [1.82, 2.24) is 9.88 Å². The lowest BCUT2D eigenvalue weighted by Gasteiger charge is -2.35. The number of ether oxygens (including phenoxy) is 1. The van der Waals surface area contributed by atoms with E-state index in [4.69, 9.17) is 10.00 Å². The van der Waals surface area contributed by atoms with Gasteiger partial charge in [0, 0.05) is 32.4 Å². The third kappa shape index (κ3) is 5.74. The van der Waals surface area contributed by atoms with Gasteiger partial charge in [-0.15, -0.1) is 0 Å². The maximum absolute atomic E-state index is 13.3. The summed E-state index contributed by atoms with van der Waals surface area (Å²) in [7, 11) is -3.46. The van der Waals surface area contributed by atoms with Crippen LogP contribution in [0.25, 0.3) is 0 Å². The van der Waals surface area contributed by atoms with Gasteiger partial charge in [0.1, 0.15) is 16.7 Å². The van der Waals surface area contributed by atoms with E-state index in [0.717, 1.165) is 11.4 Å². The van der Waals surface area contributed by atoms with Crippen LogP contribution >= 0.6 is 11.3 Å². The van der Waals surface area contributed by atoms with Gasteiger partial charge in [0.25, 0.3) is 5.91 Å². The normalized spacial score (nSPS) is 14.9. The zero-order chi connectivity index (χ0) is 22.8. The Morgan fingerprint density at radius 1 is 1.26 bits per heavy atom. The summed E-state index contributed by atoms with van der Waals surface area (Å²) in [6.07, 6.45) is 2.67. The molecule has 1 aromatic carbocycles. The lowest BCUT2D eigenvalue weighted by molar-refractivity contribution is 0.0739. The van der Waals surface area contributed by atoms with Gasteiger partial charge in [-0.3, -0.25) is 4.79 Å². The molecule has 8 nitrogen and oxygen atoms in total. The number of sulfone groups is 1. The molecular weight excluding hydrogens is 436 g/mol. The summed E-state index contributed by atoms with van der Waals surface area (Å²) in [5.41, 5.74) is 0.138. The average Bonchev–Trinajstić information content (AvgIpc) is 3.20. The van der Waals surface area contributed by atoms with E-state index in [9.17, 15) is 13.2 Å². The lowest BCUT2D eigenvalue weighted by atomic mass is 9.98. The Hall–Kier alpha value is -2.64. The highest BCUT2D eigenvalue weighted by Crippen LogP contribution is 2.28. The number of piperazine rings is 1. The first-order valence-electron chi connectivity index (χ1n) is 9.85. The molecule has 2 aromatic rings. The largest absolute Gasteiger partial charge is 0.492 e. The number of rotatable bonds is 5. The van der Waals surface area contributed by atoms with Gasteiger partial charge in [-0.05, 0) is 23.6 Å². The van der Waals surface area contributed by atoms with Gasteiger partial charge in [0.05, 0.1) is 23.3 Å². The minimum Gasteiger partial charge on any atom is -0.492 e. The number of benzene rings is 1. The van der Waals surface area contributed by atoms with E-state index in [2.05, 4.69) is 11.1 Å².